The predicted octanol–water partition coefficient (Wildman–Crippen LogP) is 1.47. The Labute approximate surface area is 93.6 Å². The van der Waals surface area contributed by atoms with E-state index in [1.54, 1.807) is 26.2 Å². The van der Waals surface area contributed by atoms with Crippen LogP contribution in [-0.4, -0.2) is 20.1 Å². The zero-order valence-electron chi connectivity index (χ0n) is 9.33. The van der Waals surface area contributed by atoms with Crippen LogP contribution in [0, 0.1) is 18.3 Å². The quantitative estimate of drug-likeness (QED) is 0.783. The summed E-state index contributed by atoms with van der Waals surface area (Å²) < 4.78 is 10.2. The Morgan fingerprint density at radius 3 is 2.56 bits per heavy atom. The number of ether oxygens (including phenoxy) is 2. The lowest BCUT2D eigenvalue weighted by Crippen LogP contribution is -2.10. The molecule has 0 unspecified atom stereocenters. The highest BCUT2D eigenvalue weighted by Gasteiger charge is 2.11. The summed E-state index contributed by atoms with van der Waals surface area (Å²) in [6.45, 7) is 1.79. The monoisotopic (exact) mass is 220 g/mol. The van der Waals surface area contributed by atoms with Crippen molar-refractivity contribution in [3.8, 4) is 17.6 Å². The summed E-state index contributed by atoms with van der Waals surface area (Å²) in [5.74, 6) is 0.358. The zero-order valence-corrected chi connectivity index (χ0v) is 9.33. The number of hydrogen-bond acceptors (Lipinski definition) is 4. The standard InChI is InChI=1S/C11H12N2O3/c1-7-4-8(15-2)5-9(16-3)11(7)13-10(14)6-12/h4-5H,1-3H3,(H,13,14). The van der Waals surface area contributed by atoms with Crippen molar-refractivity contribution >= 4 is 11.6 Å². The van der Waals surface area contributed by atoms with E-state index in [-0.39, 0.29) is 0 Å². The molecule has 0 aromatic heterocycles. The number of nitriles is 1. The Kier molecular flexibility index (Phi) is 3.72. The van der Waals surface area contributed by atoms with Gasteiger partial charge in [0.05, 0.1) is 19.9 Å². The minimum atomic E-state index is -0.730. The van der Waals surface area contributed by atoms with E-state index in [4.69, 9.17) is 14.7 Å². The molecular weight excluding hydrogens is 208 g/mol. The molecule has 0 fully saturated rings. The second-order valence-corrected chi connectivity index (χ2v) is 3.09. The summed E-state index contributed by atoms with van der Waals surface area (Å²) in [5, 5.41) is 10.9. The smallest absolute Gasteiger partial charge is 0.326 e. The highest BCUT2D eigenvalue weighted by molar-refractivity contribution is 6.03. The molecule has 0 spiro atoms. The molecule has 0 saturated carbocycles. The van der Waals surface area contributed by atoms with Gasteiger partial charge in [0.2, 0.25) is 0 Å². The minimum absolute atomic E-state index is 0.459. The Balaban J connectivity index is 3.17. The molecule has 84 valence electrons. The van der Waals surface area contributed by atoms with Crippen LogP contribution in [0.1, 0.15) is 5.56 Å². The van der Waals surface area contributed by atoms with E-state index < -0.39 is 5.91 Å². The lowest BCUT2D eigenvalue weighted by molar-refractivity contribution is -0.111. The van der Waals surface area contributed by atoms with Gasteiger partial charge in [0, 0.05) is 6.07 Å². The molecule has 1 rings (SSSR count). The molecule has 5 nitrogen and oxygen atoms in total. The first kappa shape index (κ1) is 11.9. The molecule has 0 bridgehead atoms. The second kappa shape index (κ2) is 5.03. The molecule has 0 saturated heterocycles. The molecule has 0 aliphatic carbocycles. The molecule has 1 amide bonds. The Bertz CT molecular complexity index is 449. The van der Waals surface area contributed by atoms with Crippen LogP contribution in [0.5, 0.6) is 11.5 Å². The van der Waals surface area contributed by atoms with Gasteiger partial charge < -0.3 is 14.8 Å². The molecule has 0 heterocycles. The summed E-state index contributed by atoms with van der Waals surface area (Å²) in [6, 6.07) is 4.87. The first-order valence-electron chi connectivity index (χ1n) is 4.56. The first-order valence-corrected chi connectivity index (χ1v) is 4.56. The first-order chi connectivity index (χ1) is 7.62. The van der Waals surface area contributed by atoms with Gasteiger partial charge in [0.25, 0.3) is 0 Å². The van der Waals surface area contributed by atoms with E-state index in [2.05, 4.69) is 5.32 Å². The average Bonchev–Trinajstić information content (AvgIpc) is 2.30. The number of nitrogens with one attached hydrogen (secondary N) is 1. The Morgan fingerprint density at radius 2 is 2.06 bits per heavy atom. The van der Waals surface area contributed by atoms with Crippen LogP contribution < -0.4 is 14.8 Å². The molecule has 0 radical (unpaired) electrons. The highest BCUT2D eigenvalue weighted by atomic mass is 16.5. The molecule has 16 heavy (non-hydrogen) atoms. The molecule has 0 atom stereocenters. The van der Waals surface area contributed by atoms with Crippen LogP contribution in [0.25, 0.3) is 0 Å². The third kappa shape index (κ3) is 2.42. The number of methoxy groups -OCH3 is 2. The fourth-order valence-electron chi connectivity index (χ4n) is 1.30. The maximum Gasteiger partial charge on any atom is 0.326 e. The van der Waals surface area contributed by atoms with Crippen molar-refractivity contribution < 1.29 is 14.3 Å². The molecule has 1 aromatic rings. The van der Waals surface area contributed by atoms with E-state index in [1.807, 2.05) is 0 Å². The van der Waals surface area contributed by atoms with Crippen molar-refractivity contribution in [3.05, 3.63) is 17.7 Å². The molecule has 0 aliphatic heterocycles. The van der Waals surface area contributed by atoms with Gasteiger partial charge in [0.15, 0.2) is 6.07 Å². The van der Waals surface area contributed by atoms with Crippen LogP contribution in [-0.2, 0) is 4.79 Å². The topological polar surface area (TPSA) is 71.3 Å². The van der Waals surface area contributed by atoms with Crippen molar-refractivity contribution in [2.45, 2.75) is 6.92 Å². The van der Waals surface area contributed by atoms with Crippen molar-refractivity contribution in [1.82, 2.24) is 0 Å². The van der Waals surface area contributed by atoms with Gasteiger partial charge in [0.1, 0.15) is 11.5 Å². The zero-order chi connectivity index (χ0) is 12.1. The number of carbonyl (C=O) groups is 1. The van der Waals surface area contributed by atoms with Gasteiger partial charge >= 0.3 is 5.91 Å². The van der Waals surface area contributed by atoms with E-state index >= 15 is 0 Å². The maximum absolute atomic E-state index is 11.0. The predicted molar refractivity (Wildman–Crippen MR) is 58.5 cm³/mol. The second-order valence-electron chi connectivity index (χ2n) is 3.09. The van der Waals surface area contributed by atoms with Gasteiger partial charge in [-0.25, -0.2) is 0 Å². The maximum atomic E-state index is 11.0. The van der Waals surface area contributed by atoms with Gasteiger partial charge in [-0.1, -0.05) is 0 Å². The van der Waals surface area contributed by atoms with Crippen LogP contribution in [0.2, 0.25) is 0 Å². The SMILES string of the molecule is COc1cc(C)c(NC(=O)C#N)c(OC)c1. The largest absolute Gasteiger partial charge is 0.497 e. The number of benzene rings is 1. The number of nitrogens with zero attached hydrogens (tertiary/aromatic N) is 1. The normalized spacial score (nSPS) is 9.12. The molecule has 5 heteroatoms. The molecule has 0 aliphatic rings. The van der Waals surface area contributed by atoms with Crippen LogP contribution in [0.15, 0.2) is 12.1 Å². The van der Waals surface area contributed by atoms with Gasteiger partial charge in [-0.05, 0) is 18.6 Å². The van der Waals surface area contributed by atoms with Crippen LogP contribution in [0.4, 0.5) is 5.69 Å². The Hall–Kier alpha value is -2.22. The molecule has 1 aromatic carbocycles. The van der Waals surface area contributed by atoms with Crippen molar-refractivity contribution in [3.63, 3.8) is 0 Å². The van der Waals surface area contributed by atoms with Crippen molar-refractivity contribution in [2.24, 2.45) is 0 Å². The van der Waals surface area contributed by atoms with E-state index in [9.17, 15) is 4.79 Å². The molecular formula is C11H12N2O3. The third-order valence-corrected chi connectivity index (χ3v) is 2.07. The summed E-state index contributed by atoms with van der Waals surface area (Å²) in [4.78, 5) is 11.0. The van der Waals surface area contributed by atoms with E-state index in [0.29, 0.717) is 17.2 Å². The highest BCUT2D eigenvalue weighted by Crippen LogP contribution is 2.32. The lowest BCUT2D eigenvalue weighted by Gasteiger charge is -2.12. The van der Waals surface area contributed by atoms with Crippen LogP contribution in [0.3, 0.4) is 0 Å². The summed E-state index contributed by atoms with van der Waals surface area (Å²) in [7, 11) is 3.03. The number of hydrogen-bond donors (Lipinski definition) is 1. The Morgan fingerprint density at radius 1 is 1.38 bits per heavy atom. The summed E-state index contributed by atoms with van der Waals surface area (Å²) in [5.41, 5.74) is 1.25. The number of anilines is 1. The lowest BCUT2D eigenvalue weighted by atomic mass is 10.1. The fourth-order valence-corrected chi connectivity index (χ4v) is 1.30. The molecule has 1 N–H and O–H groups in total. The van der Waals surface area contributed by atoms with Gasteiger partial charge in [-0.3, -0.25) is 4.79 Å². The average molecular weight is 220 g/mol. The third-order valence-electron chi connectivity index (χ3n) is 2.07. The van der Waals surface area contributed by atoms with Crippen LogP contribution >= 0.6 is 0 Å². The number of carbonyl (C=O) groups excluding carboxylic acids is 1. The fraction of sp³-hybridized carbons (Fsp3) is 0.273. The van der Waals surface area contributed by atoms with Gasteiger partial charge in [-0.15, -0.1) is 0 Å². The van der Waals surface area contributed by atoms with Crippen molar-refractivity contribution in [2.75, 3.05) is 19.5 Å². The number of amides is 1. The minimum Gasteiger partial charge on any atom is -0.497 e. The number of aryl methyl sites for hydroxylation is 1. The summed E-state index contributed by atoms with van der Waals surface area (Å²) in [6.07, 6.45) is 0. The van der Waals surface area contributed by atoms with E-state index in [0.717, 1.165) is 5.56 Å². The van der Waals surface area contributed by atoms with Crippen molar-refractivity contribution in [1.29, 1.82) is 5.26 Å². The number of rotatable bonds is 3. The van der Waals surface area contributed by atoms with E-state index in [1.165, 1.54) is 13.2 Å². The summed E-state index contributed by atoms with van der Waals surface area (Å²) >= 11 is 0. The van der Waals surface area contributed by atoms with Gasteiger partial charge in [-0.2, -0.15) is 5.26 Å².